The minimum atomic E-state index is -1.04. The summed E-state index contributed by atoms with van der Waals surface area (Å²) in [6.45, 7) is 10.9. The minimum absolute atomic E-state index is 0.0555. The number of aromatic nitrogens is 3. The van der Waals surface area contributed by atoms with Gasteiger partial charge in [0.1, 0.15) is 11.6 Å². The third-order valence-electron chi connectivity index (χ3n) is 7.77. The molecule has 43 heavy (non-hydrogen) atoms. The molecule has 0 spiro atoms. The number of fused-ring (bicyclic) bond motifs is 1. The molecule has 4 aromatic rings. The molecule has 1 fully saturated rings. The summed E-state index contributed by atoms with van der Waals surface area (Å²) in [7, 11) is 0. The van der Waals surface area contributed by atoms with E-state index in [0.29, 0.717) is 28.1 Å². The van der Waals surface area contributed by atoms with E-state index in [1.54, 1.807) is 30.5 Å². The topological polar surface area (TPSA) is 71.3 Å². The van der Waals surface area contributed by atoms with Crippen molar-refractivity contribution in [3.8, 4) is 16.8 Å². The maximum atomic E-state index is 15.5. The summed E-state index contributed by atoms with van der Waals surface area (Å²) < 4.78 is 46.0. The number of pyridine rings is 1. The smallest absolute Gasteiger partial charge is 0.350 e. The zero-order chi connectivity index (χ0) is 32.7. The van der Waals surface area contributed by atoms with Crippen molar-refractivity contribution in [1.29, 1.82) is 0 Å². The second-order valence-electron chi connectivity index (χ2n) is 11.0. The van der Waals surface area contributed by atoms with E-state index in [0.717, 1.165) is 5.56 Å². The lowest BCUT2D eigenvalue weighted by molar-refractivity contribution is -0.129. The monoisotopic (exact) mass is 605 g/mol. The van der Waals surface area contributed by atoms with E-state index in [2.05, 4.69) is 16.5 Å². The van der Waals surface area contributed by atoms with Crippen molar-refractivity contribution in [2.45, 2.75) is 39.7 Å². The SMILES string of the molecule is [2H]C([2H])=Cc1cccc(F)c1-c1cc2c(cc1Cl)c(N1CCN(C(=O)C(=C)F)C[C@@H]1C)nc(=O)n2-c1c(C)ccnc1C(C)C. The molecule has 5 rings (SSSR count). The average Bonchev–Trinajstić information content (AvgIpc) is 2.97. The van der Waals surface area contributed by atoms with Crippen molar-refractivity contribution in [2.24, 2.45) is 0 Å². The van der Waals surface area contributed by atoms with E-state index < -0.39 is 29.8 Å². The summed E-state index contributed by atoms with van der Waals surface area (Å²) in [6.07, 6.45) is 2.90. The van der Waals surface area contributed by atoms with Crippen LogP contribution in [0.1, 0.15) is 46.3 Å². The molecule has 1 saturated heterocycles. The van der Waals surface area contributed by atoms with E-state index in [1.807, 2.05) is 32.6 Å². The van der Waals surface area contributed by atoms with Gasteiger partial charge < -0.3 is 9.80 Å². The third kappa shape index (κ3) is 5.33. The van der Waals surface area contributed by atoms with Crippen LogP contribution in [0.4, 0.5) is 14.6 Å². The molecule has 2 aromatic carbocycles. The molecule has 1 atom stereocenters. The molecule has 0 radical (unpaired) electrons. The number of amides is 1. The standard InChI is InChI=1S/C33H32ClF2N5O2/c1-7-22-9-8-10-26(36)28(22)23-16-27-24(15-25(23)34)31(40-14-13-39(17-20(40)5)32(42)21(6)35)38-33(43)41(27)30-19(4)11-12-37-29(30)18(2)3/h7-12,15-16,18,20H,1,6,13-14,17H2,2-5H3/t20-/m0/s1/i1D2. The maximum Gasteiger partial charge on any atom is 0.354 e. The van der Waals surface area contributed by atoms with Crippen LogP contribution in [0.2, 0.25) is 5.02 Å². The van der Waals surface area contributed by atoms with Crippen molar-refractivity contribution < 1.29 is 16.3 Å². The van der Waals surface area contributed by atoms with Crippen molar-refractivity contribution >= 4 is 40.3 Å². The van der Waals surface area contributed by atoms with Crippen LogP contribution in [0.25, 0.3) is 33.8 Å². The van der Waals surface area contributed by atoms with Gasteiger partial charge in [0.25, 0.3) is 5.91 Å². The molecule has 1 aliphatic rings. The van der Waals surface area contributed by atoms with Gasteiger partial charge in [-0.25, -0.2) is 13.6 Å². The molecular weight excluding hydrogens is 572 g/mol. The van der Waals surface area contributed by atoms with Gasteiger partial charge in [0.15, 0.2) is 5.83 Å². The van der Waals surface area contributed by atoms with Gasteiger partial charge >= 0.3 is 5.69 Å². The van der Waals surface area contributed by atoms with E-state index in [4.69, 9.17) is 14.3 Å². The molecule has 0 bridgehead atoms. The Labute approximate surface area is 256 Å². The summed E-state index contributed by atoms with van der Waals surface area (Å²) in [6, 6.07) is 9.03. The predicted octanol–water partition coefficient (Wildman–Crippen LogP) is 6.84. The Bertz CT molecular complexity index is 1940. The quantitative estimate of drug-likeness (QED) is 0.225. The summed E-state index contributed by atoms with van der Waals surface area (Å²) in [4.78, 5) is 38.8. The van der Waals surface area contributed by atoms with Crippen LogP contribution in [0, 0.1) is 12.7 Å². The van der Waals surface area contributed by atoms with E-state index in [9.17, 15) is 14.0 Å². The summed E-state index contributed by atoms with van der Waals surface area (Å²) >= 11 is 6.88. The highest BCUT2D eigenvalue weighted by Gasteiger charge is 2.31. The first kappa shape index (κ1) is 27.5. The number of aryl methyl sites for hydroxylation is 1. The number of halogens is 3. The van der Waals surface area contributed by atoms with E-state index in [-0.39, 0.29) is 53.3 Å². The molecule has 1 aliphatic heterocycles. The number of carbonyl (C=O) groups excluding carboxylic acids is 1. The Morgan fingerprint density at radius 2 is 2.02 bits per heavy atom. The number of rotatable bonds is 6. The van der Waals surface area contributed by atoms with Gasteiger partial charge in [-0.2, -0.15) is 4.98 Å². The van der Waals surface area contributed by atoms with Crippen LogP contribution in [0.5, 0.6) is 0 Å². The largest absolute Gasteiger partial charge is 0.354 e. The molecule has 7 nitrogen and oxygen atoms in total. The van der Waals surface area contributed by atoms with Crippen LogP contribution in [0.15, 0.2) is 66.3 Å². The molecule has 0 N–H and O–H groups in total. The predicted molar refractivity (Wildman–Crippen MR) is 168 cm³/mol. The molecule has 10 heteroatoms. The van der Waals surface area contributed by atoms with Crippen LogP contribution in [-0.4, -0.2) is 51.0 Å². The number of hydrogen-bond acceptors (Lipinski definition) is 5. The molecule has 222 valence electrons. The Balaban J connectivity index is 1.83. The van der Waals surface area contributed by atoms with Gasteiger partial charge in [-0.3, -0.25) is 14.3 Å². The van der Waals surface area contributed by atoms with Crippen molar-refractivity contribution in [1.82, 2.24) is 19.4 Å². The fourth-order valence-corrected chi connectivity index (χ4v) is 5.97. The zero-order valence-electron chi connectivity index (χ0n) is 26.3. The second kappa shape index (κ2) is 11.7. The average molecular weight is 606 g/mol. The first-order chi connectivity index (χ1) is 21.3. The van der Waals surface area contributed by atoms with Crippen LogP contribution >= 0.6 is 11.6 Å². The van der Waals surface area contributed by atoms with Crippen LogP contribution < -0.4 is 10.6 Å². The van der Waals surface area contributed by atoms with E-state index in [1.165, 1.54) is 27.7 Å². The van der Waals surface area contributed by atoms with Crippen molar-refractivity contribution in [3.05, 3.63) is 99.7 Å². The normalized spacial score (nSPS) is 15.9. The highest BCUT2D eigenvalue weighted by Crippen LogP contribution is 2.39. The Morgan fingerprint density at radius 1 is 1.26 bits per heavy atom. The van der Waals surface area contributed by atoms with Crippen molar-refractivity contribution in [2.75, 3.05) is 24.5 Å². The third-order valence-corrected chi connectivity index (χ3v) is 8.09. The first-order valence-corrected chi connectivity index (χ1v) is 14.2. The lowest BCUT2D eigenvalue weighted by atomic mass is 9.97. The Hall–Kier alpha value is -4.37. The summed E-state index contributed by atoms with van der Waals surface area (Å²) in [5, 5.41) is 0.659. The summed E-state index contributed by atoms with van der Waals surface area (Å²) in [5.74, 6) is -2.17. The van der Waals surface area contributed by atoms with Gasteiger partial charge in [0.05, 0.1) is 19.6 Å². The molecule has 1 amide bonds. The Kier molecular flexibility index (Phi) is 7.49. The molecule has 0 aliphatic carbocycles. The number of hydrogen-bond donors (Lipinski definition) is 0. The second-order valence-corrected chi connectivity index (χ2v) is 11.4. The van der Waals surface area contributed by atoms with Gasteiger partial charge in [-0.05, 0) is 55.2 Å². The first-order valence-electron chi connectivity index (χ1n) is 14.9. The molecule has 3 heterocycles. The number of piperazine rings is 1. The highest BCUT2D eigenvalue weighted by molar-refractivity contribution is 6.34. The number of nitrogens with zero attached hydrogens (tertiary/aromatic N) is 5. The fourth-order valence-electron chi connectivity index (χ4n) is 5.71. The number of carbonyl (C=O) groups is 1. The molecule has 0 unspecified atom stereocenters. The van der Waals surface area contributed by atoms with Crippen molar-refractivity contribution in [3.63, 3.8) is 0 Å². The number of anilines is 1. The molecular formula is C33H32ClF2N5O2. The maximum absolute atomic E-state index is 15.5. The fraction of sp³-hybridized carbons (Fsp3) is 0.273. The van der Waals surface area contributed by atoms with Gasteiger partial charge in [-0.15, -0.1) is 0 Å². The van der Waals surface area contributed by atoms with E-state index >= 15 is 4.39 Å². The van der Waals surface area contributed by atoms with Gasteiger partial charge in [-0.1, -0.05) is 56.8 Å². The zero-order valence-corrected chi connectivity index (χ0v) is 25.0. The van der Waals surface area contributed by atoms with Gasteiger partial charge in [0.2, 0.25) is 0 Å². The van der Waals surface area contributed by atoms with Gasteiger partial charge in [0, 0.05) is 53.4 Å². The molecule has 0 saturated carbocycles. The lowest BCUT2D eigenvalue weighted by Crippen LogP contribution is -2.54. The minimum Gasteiger partial charge on any atom is -0.350 e. The highest BCUT2D eigenvalue weighted by atomic mass is 35.5. The van der Waals surface area contributed by atoms with Crippen LogP contribution in [-0.2, 0) is 4.79 Å². The lowest BCUT2D eigenvalue weighted by Gasteiger charge is -2.40. The summed E-state index contributed by atoms with van der Waals surface area (Å²) in [5.41, 5.74) is 2.41. The van der Waals surface area contributed by atoms with Crippen LogP contribution in [0.3, 0.4) is 0 Å². The Morgan fingerprint density at radius 3 is 2.70 bits per heavy atom. The number of benzene rings is 2. The molecule has 2 aromatic heterocycles.